The van der Waals surface area contributed by atoms with Crippen molar-refractivity contribution in [1.29, 1.82) is 0 Å². The van der Waals surface area contributed by atoms with E-state index < -0.39 is 6.36 Å². The second kappa shape index (κ2) is 5.95. The maximum atomic E-state index is 12.3. The highest BCUT2D eigenvalue weighted by atomic mass is 32.2. The predicted octanol–water partition coefficient (Wildman–Crippen LogP) is 4.12. The molecule has 0 radical (unpaired) electrons. The van der Waals surface area contributed by atoms with E-state index in [0.717, 1.165) is 5.75 Å². The fourth-order valence-corrected chi connectivity index (χ4v) is 2.88. The monoisotopic (exact) mass is 304 g/mol. The van der Waals surface area contributed by atoms with Crippen molar-refractivity contribution in [2.24, 2.45) is 10.9 Å². The number of alkyl halides is 3. The summed E-state index contributed by atoms with van der Waals surface area (Å²) in [5, 5.41) is 3.53. The van der Waals surface area contributed by atoms with E-state index in [4.69, 9.17) is 0 Å². The van der Waals surface area contributed by atoms with Gasteiger partial charge in [0.05, 0.1) is 11.7 Å². The van der Waals surface area contributed by atoms with E-state index in [1.54, 1.807) is 6.07 Å². The maximum absolute atomic E-state index is 12.3. The first kappa shape index (κ1) is 15.0. The molecule has 3 nitrogen and oxygen atoms in total. The zero-order chi connectivity index (χ0) is 14.8. The Bertz CT molecular complexity index is 503. The number of nitrogens with one attached hydrogen (secondary N) is 1. The Labute approximate surface area is 119 Å². The number of benzene rings is 1. The minimum atomic E-state index is -4.71. The van der Waals surface area contributed by atoms with Crippen LogP contribution in [0.4, 0.5) is 18.9 Å². The molecular weight excluding hydrogens is 289 g/mol. The second-order valence-corrected chi connectivity index (χ2v) is 5.73. The van der Waals surface area contributed by atoms with Crippen molar-refractivity contribution in [2.45, 2.75) is 26.3 Å². The highest BCUT2D eigenvalue weighted by Gasteiger charge is 2.32. The summed E-state index contributed by atoms with van der Waals surface area (Å²) >= 11 is 1.50. The lowest BCUT2D eigenvalue weighted by Crippen LogP contribution is -2.18. The summed E-state index contributed by atoms with van der Waals surface area (Å²) in [7, 11) is 0. The summed E-state index contributed by atoms with van der Waals surface area (Å²) in [6.45, 7) is 4.14. The lowest BCUT2D eigenvalue weighted by Gasteiger charge is -2.14. The van der Waals surface area contributed by atoms with Crippen molar-refractivity contribution in [3.05, 3.63) is 24.3 Å². The standard InChI is InChI=1S/C13H15F3N2OS/c1-8(2)10-7-20-12(18-10)17-9-5-3-4-6-11(9)19-13(14,15)16/h3-6,8,10H,7H2,1-2H3,(H,17,18)/t10-/m1/s1. The molecule has 0 unspecified atom stereocenters. The van der Waals surface area contributed by atoms with Crippen molar-refractivity contribution in [3.63, 3.8) is 0 Å². The maximum Gasteiger partial charge on any atom is 0.573 e. The van der Waals surface area contributed by atoms with Gasteiger partial charge >= 0.3 is 6.36 Å². The van der Waals surface area contributed by atoms with Crippen LogP contribution in [-0.4, -0.2) is 23.3 Å². The molecule has 20 heavy (non-hydrogen) atoms. The number of hydrogen-bond acceptors (Lipinski definition) is 4. The number of hydrogen-bond donors (Lipinski definition) is 1. The zero-order valence-corrected chi connectivity index (χ0v) is 11.9. The van der Waals surface area contributed by atoms with E-state index in [0.29, 0.717) is 11.1 Å². The quantitative estimate of drug-likeness (QED) is 0.912. The molecule has 1 heterocycles. The third-order valence-electron chi connectivity index (χ3n) is 2.80. The minimum Gasteiger partial charge on any atom is -0.404 e. The first-order chi connectivity index (χ1) is 9.35. The van der Waals surface area contributed by atoms with Crippen molar-refractivity contribution in [2.75, 3.05) is 11.1 Å². The second-order valence-electron chi connectivity index (χ2n) is 4.73. The van der Waals surface area contributed by atoms with Crippen LogP contribution in [0, 0.1) is 5.92 Å². The van der Waals surface area contributed by atoms with E-state index in [9.17, 15) is 13.2 Å². The Morgan fingerprint density at radius 2 is 2.05 bits per heavy atom. The third-order valence-corrected chi connectivity index (χ3v) is 3.79. The van der Waals surface area contributed by atoms with Crippen molar-refractivity contribution in [3.8, 4) is 5.75 Å². The van der Waals surface area contributed by atoms with Crippen LogP contribution in [0.2, 0.25) is 0 Å². The molecule has 1 atom stereocenters. The molecule has 0 amide bonds. The molecule has 7 heteroatoms. The number of aliphatic imine (C=N–C) groups is 1. The lowest BCUT2D eigenvalue weighted by molar-refractivity contribution is -0.274. The Hall–Kier alpha value is -1.37. The number of anilines is 1. The summed E-state index contributed by atoms with van der Waals surface area (Å²) in [5.74, 6) is 0.988. The highest BCUT2D eigenvalue weighted by Crippen LogP contribution is 2.32. The number of ether oxygens (including phenoxy) is 1. The average molecular weight is 304 g/mol. The SMILES string of the molecule is CC(C)[C@H]1CSC(Nc2ccccc2OC(F)(F)F)=N1. The van der Waals surface area contributed by atoms with Gasteiger partial charge in [-0.2, -0.15) is 0 Å². The fourth-order valence-electron chi connectivity index (χ4n) is 1.70. The number of amidine groups is 1. The molecule has 1 aromatic carbocycles. The summed E-state index contributed by atoms with van der Waals surface area (Å²) in [5.41, 5.74) is 0.264. The fraction of sp³-hybridized carbons (Fsp3) is 0.462. The van der Waals surface area contributed by atoms with Crippen molar-refractivity contribution in [1.82, 2.24) is 0 Å². The van der Waals surface area contributed by atoms with Gasteiger partial charge in [0.2, 0.25) is 0 Å². The summed E-state index contributed by atoms with van der Waals surface area (Å²) in [6, 6.07) is 6.14. The van der Waals surface area contributed by atoms with Crippen LogP contribution in [0.3, 0.4) is 0 Å². The first-order valence-electron chi connectivity index (χ1n) is 6.17. The van der Waals surface area contributed by atoms with Gasteiger partial charge in [-0.25, -0.2) is 0 Å². The predicted molar refractivity (Wildman–Crippen MR) is 75.3 cm³/mol. The topological polar surface area (TPSA) is 33.6 Å². The largest absolute Gasteiger partial charge is 0.573 e. The number of thioether (sulfide) groups is 1. The van der Waals surface area contributed by atoms with Gasteiger partial charge in [-0.15, -0.1) is 13.2 Å². The molecule has 0 saturated heterocycles. The number of rotatable bonds is 3. The van der Waals surface area contributed by atoms with Gasteiger partial charge in [0, 0.05) is 5.75 Å². The van der Waals surface area contributed by atoms with Crippen LogP contribution in [0.5, 0.6) is 5.75 Å². The number of halogens is 3. The molecule has 110 valence electrons. The van der Waals surface area contributed by atoms with E-state index in [2.05, 4.69) is 28.9 Å². The van der Waals surface area contributed by atoms with Crippen molar-refractivity contribution < 1.29 is 17.9 Å². The van der Waals surface area contributed by atoms with Crippen LogP contribution < -0.4 is 10.1 Å². The Kier molecular flexibility index (Phi) is 4.47. The van der Waals surface area contributed by atoms with Gasteiger partial charge in [0.15, 0.2) is 10.9 Å². The Morgan fingerprint density at radius 1 is 1.35 bits per heavy atom. The molecule has 0 bridgehead atoms. The van der Waals surface area contributed by atoms with E-state index >= 15 is 0 Å². The molecule has 0 aliphatic carbocycles. The van der Waals surface area contributed by atoms with Gasteiger partial charge in [-0.05, 0) is 18.1 Å². The van der Waals surface area contributed by atoms with Crippen molar-refractivity contribution >= 4 is 22.6 Å². The smallest absolute Gasteiger partial charge is 0.404 e. The Balaban J connectivity index is 2.12. The average Bonchev–Trinajstić information content (AvgIpc) is 2.78. The van der Waals surface area contributed by atoms with Gasteiger partial charge in [-0.1, -0.05) is 37.7 Å². The van der Waals surface area contributed by atoms with E-state index in [1.165, 1.54) is 30.0 Å². The van der Waals surface area contributed by atoms with Crippen LogP contribution in [-0.2, 0) is 0 Å². The molecule has 1 N–H and O–H groups in total. The van der Waals surface area contributed by atoms with Gasteiger partial charge in [0.1, 0.15) is 0 Å². The molecule has 0 fully saturated rings. The van der Waals surface area contributed by atoms with Gasteiger partial charge in [0.25, 0.3) is 0 Å². The molecule has 0 spiro atoms. The summed E-state index contributed by atoms with van der Waals surface area (Å²) in [6.07, 6.45) is -4.71. The first-order valence-corrected chi connectivity index (χ1v) is 7.16. The molecule has 0 aromatic heterocycles. The molecule has 1 aliphatic rings. The van der Waals surface area contributed by atoms with Crippen LogP contribution >= 0.6 is 11.8 Å². The van der Waals surface area contributed by atoms with E-state index in [-0.39, 0.29) is 17.5 Å². The third kappa shape index (κ3) is 4.06. The normalized spacial score (nSPS) is 19.1. The highest BCUT2D eigenvalue weighted by molar-refractivity contribution is 8.14. The Morgan fingerprint density at radius 3 is 2.65 bits per heavy atom. The molecule has 2 rings (SSSR count). The number of nitrogens with zero attached hydrogens (tertiary/aromatic N) is 1. The van der Waals surface area contributed by atoms with Gasteiger partial charge in [-0.3, -0.25) is 4.99 Å². The van der Waals surface area contributed by atoms with Crippen LogP contribution in [0.1, 0.15) is 13.8 Å². The van der Waals surface area contributed by atoms with Crippen LogP contribution in [0.15, 0.2) is 29.3 Å². The molecule has 1 aliphatic heterocycles. The molecule has 0 saturated carbocycles. The molecular formula is C13H15F3N2OS. The van der Waals surface area contributed by atoms with E-state index in [1.807, 2.05) is 0 Å². The minimum absolute atomic E-state index is 0.193. The van der Waals surface area contributed by atoms with Crippen LogP contribution in [0.25, 0.3) is 0 Å². The lowest BCUT2D eigenvalue weighted by atomic mass is 10.1. The summed E-state index contributed by atoms with van der Waals surface area (Å²) in [4.78, 5) is 4.45. The van der Waals surface area contributed by atoms with Gasteiger partial charge < -0.3 is 10.1 Å². The number of para-hydroxylation sites is 2. The molecule has 1 aromatic rings. The zero-order valence-electron chi connectivity index (χ0n) is 11.1. The summed E-state index contributed by atoms with van der Waals surface area (Å²) < 4.78 is 40.9.